The molecular formula is C56H39N. The van der Waals surface area contributed by atoms with Crippen LogP contribution in [0, 0.1) is 0 Å². The molecule has 57 heavy (non-hydrogen) atoms. The Morgan fingerprint density at radius 1 is 0.211 bits per heavy atom. The van der Waals surface area contributed by atoms with Gasteiger partial charge in [0, 0.05) is 17.1 Å². The molecular weight excluding hydrogens is 687 g/mol. The molecule has 0 saturated carbocycles. The van der Waals surface area contributed by atoms with Crippen LogP contribution in [0.4, 0.5) is 17.1 Å². The predicted octanol–water partition coefficient (Wildman–Crippen LogP) is 15.8. The van der Waals surface area contributed by atoms with Crippen LogP contribution in [0.1, 0.15) is 0 Å². The molecule has 1 heteroatoms. The van der Waals surface area contributed by atoms with Gasteiger partial charge in [-0.1, -0.05) is 182 Å². The molecule has 10 aromatic rings. The minimum Gasteiger partial charge on any atom is -0.310 e. The van der Waals surface area contributed by atoms with Crippen molar-refractivity contribution >= 4 is 38.6 Å². The summed E-state index contributed by atoms with van der Waals surface area (Å²) in [6, 6.07) is 85.6. The minimum atomic E-state index is 1.10. The van der Waals surface area contributed by atoms with E-state index in [0.717, 1.165) is 17.1 Å². The maximum absolute atomic E-state index is 2.37. The van der Waals surface area contributed by atoms with Crippen molar-refractivity contribution in [1.29, 1.82) is 0 Å². The fourth-order valence-corrected chi connectivity index (χ4v) is 8.08. The number of rotatable bonds is 8. The second-order valence-electron chi connectivity index (χ2n) is 14.6. The van der Waals surface area contributed by atoms with E-state index in [1.807, 2.05) is 0 Å². The Kier molecular flexibility index (Phi) is 8.95. The van der Waals surface area contributed by atoms with Crippen LogP contribution < -0.4 is 4.90 Å². The average Bonchev–Trinajstić information content (AvgIpc) is 3.30. The highest BCUT2D eigenvalue weighted by atomic mass is 15.1. The third-order valence-electron chi connectivity index (χ3n) is 11.0. The second-order valence-corrected chi connectivity index (χ2v) is 14.6. The van der Waals surface area contributed by atoms with Gasteiger partial charge in [0.15, 0.2) is 0 Å². The maximum Gasteiger partial charge on any atom is 0.0467 e. The molecule has 10 aromatic carbocycles. The van der Waals surface area contributed by atoms with Crippen molar-refractivity contribution in [3.05, 3.63) is 237 Å². The zero-order valence-corrected chi connectivity index (χ0v) is 31.5. The Morgan fingerprint density at radius 2 is 0.649 bits per heavy atom. The highest BCUT2D eigenvalue weighted by Gasteiger charge is 2.15. The van der Waals surface area contributed by atoms with Crippen LogP contribution >= 0.6 is 0 Å². The standard InChI is InChI=1S/C56H39N/c1-3-12-40(13-4-1)47-19-9-20-48(36-47)49-21-10-22-54(38-49)57(52-32-28-42(29-33-52)50-26-24-41-14-7-8-17-46(41)37-50)53-34-30-43(31-35-53)51-27-25-45-18-11-23-55(56(45)39-51)44-15-5-2-6-16-44/h1-39H. The van der Waals surface area contributed by atoms with Gasteiger partial charge in [-0.15, -0.1) is 0 Å². The first-order chi connectivity index (χ1) is 28.2. The normalized spacial score (nSPS) is 11.2. The van der Waals surface area contributed by atoms with E-state index >= 15 is 0 Å². The van der Waals surface area contributed by atoms with Crippen molar-refractivity contribution in [2.75, 3.05) is 4.90 Å². The number of nitrogens with zero attached hydrogens (tertiary/aromatic N) is 1. The molecule has 0 radical (unpaired) electrons. The Balaban J connectivity index is 1.04. The van der Waals surface area contributed by atoms with E-state index in [1.165, 1.54) is 77.2 Å². The summed E-state index contributed by atoms with van der Waals surface area (Å²) in [6.07, 6.45) is 0. The maximum atomic E-state index is 2.37. The van der Waals surface area contributed by atoms with Crippen molar-refractivity contribution in [2.45, 2.75) is 0 Å². The largest absolute Gasteiger partial charge is 0.310 e. The topological polar surface area (TPSA) is 3.24 Å². The van der Waals surface area contributed by atoms with Crippen LogP contribution in [0.2, 0.25) is 0 Å². The van der Waals surface area contributed by atoms with E-state index < -0.39 is 0 Å². The van der Waals surface area contributed by atoms with Gasteiger partial charge in [-0.2, -0.15) is 0 Å². The smallest absolute Gasteiger partial charge is 0.0467 e. The molecule has 10 rings (SSSR count). The van der Waals surface area contributed by atoms with Crippen molar-refractivity contribution < 1.29 is 0 Å². The molecule has 0 unspecified atom stereocenters. The van der Waals surface area contributed by atoms with Gasteiger partial charge < -0.3 is 4.90 Å². The molecule has 0 heterocycles. The molecule has 0 aliphatic rings. The highest BCUT2D eigenvalue weighted by molar-refractivity contribution is 5.99. The minimum absolute atomic E-state index is 1.10. The van der Waals surface area contributed by atoms with Gasteiger partial charge in [-0.3, -0.25) is 0 Å². The summed E-state index contributed by atoms with van der Waals surface area (Å²) in [4.78, 5) is 2.37. The van der Waals surface area contributed by atoms with Crippen molar-refractivity contribution in [2.24, 2.45) is 0 Å². The number of anilines is 3. The first-order valence-electron chi connectivity index (χ1n) is 19.6. The molecule has 0 aliphatic heterocycles. The predicted molar refractivity (Wildman–Crippen MR) is 243 cm³/mol. The van der Waals surface area contributed by atoms with Crippen molar-refractivity contribution in [3.8, 4) is 55.6 Å². The quantitative estimate of drug-likeness (QED) is 0.151. The number of hydrogen-bond acceptors (Lipinski definition) is 1. The summed E-state index contributed by atoms with van der Waals surface area (Å²) in [7, 11) is 0. The van der Waals surface area contributed by atoms with E-state index in [9.17, 15) is 0 Å². The van der Waals surface area contributed by atoms with Gasteiger partial charge in [0.1, 0.15) is 0 Å². The number of fused-ring (bicyclic) bond motifs is 2. The lowest BCUT2D eigenvalue weighted by molar-refractivity contribution is 1.28. The fourth-order valence-electron chi connectivity index (χ4n) is 8.08. The van der Waals surface area contributed by atoms with Gasteiger partial charge in [-0.05, 0) is 132 Å². The molecule has 0 spiro atoms. The summed E-state index contributed by atoms with van der Waals surface area (Å²) >= 11 is 0. The molecule has 268 valence electrons. The first-order valence-corrected chi connectivity index (χ1v) is 19.6. The Morgan fingerprint density at radius 3 is 1.33 bits per heavy atom. The second kappa shape index (κ2) is 15.0. The average molecular weight is 726 g/mol. The summed E-state index contributed by atoms with van der Waals surface area (Å²) in [6.45, 7) is 0. The van der Waals surface area contributed by atoms with E-state index in [0.29, 0.717) is 0 Å². The van der Waals surface area contributed by atoms with E-state index in [2.05, 4.69) is 241 Å². The third kappa shape index (κ3) is 6.88. The summed E-state index contributed by atoms with van der Waals surface area (Å²) in [5.74, 6) is 0. The lowest BCUT2D eigenvalue weighted by Gasteiger charge is -2.26. The van der Waals surface area contributed by atoms with E-state index in [-0.39, 0.29) is 0 Å². The monoisotopic (exact) mass is 725 g/mol. The molecule has 0 amide bonds. The van der Waals surface area contributed by atoms with Crippen LogP contribution in [0.5, 0.6) is 0 Å². The van der Waals surface area contributed by atoms with Crippen molar-refractivity contribution in [1.82, 2.24) is 0 Å². The first kappa shape index (κ1) is 34.0. The van der Waals surface area contributed by atoms with E-state index in [1.54, 1.807) is 0 Å². The SMILES string of the molecule is c1ccc(-c2cccc(-c3cccc(N(c4ccc(-c5ccc6ccccc6c5)cc4)c4ccc(-c5ccc6cccc(-c7ccccc7)c6c5)cc4)c3)c2)cc1. The molecule has 0 aromatic heterocycles. The third-order valence-corrected chi connectivity index (χ3v) is 11.0. The number of benzene rings is 10. The lowest BCUT2D eigenvalue weighted by atomic mass is 9.95. The van der Waals surface area contributed by atoms with Gasteiger partial charge >= 0.3 is 0 Å². The van der Waals surface area contributed by atoms with E-state index in [4.69, 9.17) is 0 Å². The highest BCUT2D eigenvalue weighted by Crippen LogP contribution is 2.40. The summed E-state index contributed by atoms with van der Waals surface area (Å²) < 4.78 is 0. The zero-order chi connectivity index (χ0) is 38.0. The lowest BCUT2D eigenvalue weighted by Crippen LogP contribution is -2.10. The van der Waals surface area contributed by atoms with Crippen LogP contribution in [0.3, 0.4) is 0 Å². The molecule has 0 fully saturated rings. The zero-order valence-electron chi connectivity index (χ0n) is 31.5. The number of hydrogen-bond donors (Lipinski definition) is 0. The van der Waals surface area contributed by atoms with Crippen molar-refractivity contribution in [3.63, 3.8) is 0 Å². The van der Waals surface area contributed by atoms with Gasteiger partial charge in [0.25, 0.3) is 0 Å². The Bertz CT molecular complexity index is 2980. The molecule has 0 N–H and O–H groups in total. The fraction of sp³-hybridized carbons (Fsp3) is 0. The molecule has 1 nitrogen and oxygen atoms in total. The van der Waals surface area contributed by atoms with Gasteiger partial charge in [-0.25, -0.2) is 0 Å². The summed E-state index contributed by atoms with van der Waals surface area (Å²) in [5.41, 5.74) is 15.3. The Hall–Kier alpha value is -7.48. The molecule has 0 saturated heterocycles. The van der Waals surface area contributed by atoms with Crippen LogP contribution in [-0.2, 0) is 0 Å². The molecule has 0 atom stereocenters. The molecule has 0 bridgehead atoms. The van der Waals surface area contributed by atoms with Crippen LogP contribution in [0.15, 0.2) is 237 Å². The van der Waals surface area contributed by atoms with Crippen LogP contribution in [0.25, 0.3) is 77.2 Å². The van der Waals surface area contributed by atoms with Gasteiger partial charge in [0.2, 0.25) is 0 Å². The van der Waals surface area contributed by atoms with Crippen LogP contribution in [-0.4, -0.2) is 0 Å². The Labute approximate surface area is 334 Å². The van der Waals surface area contributed by atoms with Gasteiger partial charge in [0.05, 0.1) is 0 Å². The molecule has 0 aliphatic carbocycles. The summed E-state index contributed by atoms with van der Waals surface area (Å²) in [5, 5.41) is 4.99.